The third-order valence-electron chi connectivity index (χ3n) is 3.19. The van der Waals surface area contributed by atoms with Gasteiger partial charge in [-0.05, 0) is 37.4 Å². The Kier molecular flexibility index (Phi) is 4.94. The lowest BCUT2D eigenvalue weighted by Crippen LogP contribution is -2.33. The van der Waals surface area contributed by atoms with Gasteiger partial charge in [0.05, 0.1) is 12.8 Å². The van der Waals surface area contributed by atoms with Gasteiger partial charge in [0.2, 0.25) is 0 Å². The number of rotatable bonds is 6. The summed E-state index contributed by atoms with van der Waals surface area (Å²) in [4.78, 5) is 13.8. The molecule has 1 amide bonds. The third kappa shape index (κ3) is 3.61. The van der Waals surface area contributed by atoms with Crippen molar-refractivity contribution < 1.29 is 9.53 Å². The number of amides is 1. The summed E-state index contributed by atoms with van der Waals surface area (Å²) >= 11 is 0. The summed E-state index contributed by atoms with van der Waals surface area (Å²) in [5.74, 6) is 0.700. The van der Waals surface area contributed by atoms with Gasteiger partial charge in [0.15, 0.2) is 5.69 Å². The predicted molar refractivity (Wildman–Crippen MR) is 81.0 cm³/mol. The van der Waals surface area contributed by atoms with Crippen molar-refractivity contribution in [2.24, 2.45) is 0 Å². The van der Waals surface area contributed by atoms with Crippen molar-refractivity contribution in [3.05, 3.63) is 42.2 Å². The molecule has 1 aromatic carbocycles. The van der Waals surface area contributed by atoms with Gasteiger partial charge in [-0.15, -0.1) is 0 Å². The maximum absolute atomic E-state index is 12.2. The fourth-order valence-electron chi connectivity index (χ4n) is 1.89. The maximum Gasteiger partial charge on any atom is 0.274 e. The van der Waals surface area contributed by atoms with Crippen LogP contribution in [0, 0.1) is 0 Å². The zero-order valence-corrected chi connectivity index (χ0v) is 12.5. The van der Waals surface area contributed by atoms with E-state index >= 15 is 0 Å². The van der Waals surface area contributed by atoms with E-state index in [1.54, 1.807) is 36.0 Å². The summed E-state index contributed by atoms with van der Waals surface area (Å²) in [6, 6.07) is 9.23. The quantitative estimate of drug-likeness (QED) is 0.867. The SMILES string of the molecule is CNCCN(C)C(=O)c1ccn(-c2ccc(OC)cc2)n1. The number of carbonyl (C=O) groups excluding carboxylic acids is 1. The summed E-state index contributed by atoms with van der Waals surface area (Å²) < 4.78 is 6.80. The molecule has 6 heteroatoms. The third-order valence-corrected chi connectivity index (χ3v) is 3.19. The van der Waals surface area contributed by atoms with E-state index in [-0.39, 0.29) is 5.91 Å². The Morgan fingerprint density at radius 1 is 1.33 bits per heavy atom. The zero-order chi connectivity index (χ0) is 15.2. The molecule has 0 saturated heterocycles. The molecule has 0 aliphatic carbocycles. The van der Waals surface area contributed by atoms with Crippen LogP contribution in [0.15, 0.2) is 36.5 Å². The fourth-order valence-corrected chi connectivity index (χ4v) is 1.89. The first-order valence-corrected chi connectivity index (χ1v) is 6.76. The first kappa shape index (κ1) is 15.1. The van der Waals surface area contributed by atoms with E-state index in [1.165, 1.54) is 0 Å². The first-order chi connectivity index (χ1) is 10.2. The molecule has 2 rings (SSSR count). The van der Waals surface area contributed by atoms with E-state index in [4.69, 9.17) is 4.74 Å². The van der Waals surface area contributed by atoms with E-state index in [1.807, 2.05) is 31.3 Å². The normalized spacial score (nSPS) is 10.4. The van der Waals surface area contributed by atoms with Gasteiger partial charge in [-0.25, -0.2) is 4.68 Å². The van der Waals surface area contributed by atoms with E-state index in [2.05, 4.69) is 10.4 Å². The van der Waals surface area contributed by atoms with Crippen molar-refractivity contribution in [3.8, 4) is 11.4 Å². The molecule has 0 fully saturated rings. The standard InChI is InChI=1S/C15H20N4O2/c1-16-9-11-18(2)15(20)14-8-10-19(17-14)12-4-6-13(21-3)7-5-12/h4-8,10,16H,9,11H2,1-3H3. The van der Waals surface area contributed by atoms with Crippen LogP contribution in [0.5, 0.6) is 5.75 Å². The number of methoxy groups -OCH3 is 1. The van der Waals surface area contributed by atoms with Gasteiger partial charge in [-0.3, -0.25) is 4.79 Å². The van der Waals surface area contributed by atoms with Crippen molar-refractivity contribution in [2.45, 2.75) is 0 Å². The van der Waals surface area contributed by atoms with Gasteiger partial charge in [0, 0.05) is 26.3 Å². The van der Waals surface area contributed by atoms with Crippen molar-refractivity contribution in [3.63, 3.8) is 0 Å². The highest BCUT2D eigenvalue weighted by Crippen LogP contribution is 2.14. The van der Waals surface area contributed by atoms with Crippen LogP contribution in [0.4, 0.5) is 0 Å². The molecule has 1 heterocycles. The molecule has 21 heavy (non-hydrogen) atoms. The Labute approximate surface area is 124 Å². The Morgan fingerprint density at radius 3 is 2.67 bits per heavy atom. The molecule has 0 spiro atoms. The molecule has 0 saturated carbocycles. The molecule has 6 nitrogen and oxygen atoms in total. The monoisotopic (exact) mass is 288 g/mol. The van der Waals surface area contributed by atoms with E-state index < -0.39 is 0 Å². The second-order valence-electron chi connectivity index (χ2n) is 4.67. The number of hydrogen-bond donors (Lipinski definition) is 1. The molecule has 0 atom stereocenters. The van der Waals surface area contributed by atoms with Gasteiger partial charge in [0.1, 0.15) is 5.75 Å². The molecular formula is C15H20N4O2. The average molecular weight is 288 g/mol. The van der Waals surface area contributed by atoms with Gasteiger partial charge in [0.25, 0.3) is 5.91 Å². The topological polar surface area (TPSA) is 59.4 Å². The number of aromatic nitrogens is 2. The minimum Gasteiger partial charge on any atom is -0.497 e. The first-order valence-electron chi connectivity index (χ1n) is 6.76. The summed E-state index contributed by atoms with van der Waals surface area (Å²) in [6.07, 6.45) is 1.78. The van der Waals surface area contributed by atoms with Crippen LogP contribution in [0.1, 0.15) is 10.5 Å². The molecule has 0 unspecified atom stereocenters. The second-order valence-corrected chi connectivity index (χ2v) is 4.67. The zero-order valence-electron chi connectivity index (χ0n) is 12.5. The number of likely N-dealkylation sites (N-methyl/N-ethyl adjacent to an activating group) is 2. The molecule has 0 aliphatic heterocycles. The van der Waals surface area contributed by atoms with Gasteiger partial charge < -0.3 is 15.0 Å². The molecule has 2 aromatic rings. The molecule has 0 radical (unpaired) electrons. The van der Waals surface area contributed by atoms with Crippen LogP contribution in [-0.4, -0.2) is 54.9 Å². The Hall–Kier alpha value is -2.34. The van der Waals surface area contributed by atoms with E-state index in [0.29, 0.717) is 12.2 Å². The van der Waals surface area contributed by atoms with Crippen LogP contribution in [0.3, 0.4) is 0 Å². The lowest BCUT2D eigenvalue weighted by atomic mass is 10.3. The smallest absolute Gasteiger partial charge is 0.274 e. The molecule has 112 valence electrons. The van der Waals surface area contributed by atoms with Gasteiger partial charge >= 0.3 is 0 Å². The molecule has 1 aromatic heterocycles. The highest BCUT2D eigenvalue weighted by Gasteiger charge is 2.14. The summed E-state index contributed by atoms with van der Waals surface area (Å²) in [5, 5.41) is 7.34. The lowest BCUT2D eigenvalue weighted by molar-refractivity contribution is 0.0790. The van der Waals surface area contributed by atoms with Crippen molar-refractivity contribution in [1.29, 1.82) is 0 Å². The van der Waals surface area contributed by atoms with Gasteiger partial charge in [-0.2, -0.15) is 5.10 Å². The van der Waals surface area contributed by atoms with Crippen LogP contribution < -0.4 is 10.1 Å². The Bertz CT molecular complexity index is 592. The van der Waals surface area contributed by atoms with Crippen LogP contribution in [0.2, 0.25) is 0 Å². The maximum atomic E-state index is 12.2. The second kappa shape index (κ2) is 6.90. The van der Waals surface area contributed by atoms with Crippen molar-refractivity contribution in [1.82, 2.24) is 20.0 Å². The fraction of sp³-hybridized carbons (Fsp3) is 0.333. The number of carbonyl (C=O) groups is 1. The molecular weight excluding hydrogens is 268 g/mol. The predicted octanol–water partition coefficient (Wildman–Crippen LogP) is 1.17. The number of benzene rings is 1. The van der Waals surface area contributed by atoms with Crippen molar-refractivity contribution in [2.75, 3.05) is 34.3 Å². The highest BCUT2D eigenvalue weighted by atomic mass is 16.5. The van der Waals surface area contributed by atoms with Crippen LogP contribution in [-0.2, 0) is 0 Å². The van der Waals surface area contributed by atoms with Gasteiger partial charge in [-0.1, -0.05) is 0 Å². The van der Waals surface area contributed by atoms with Crippen molar-refractivity contribution >= 4 is 5.91 Å². The number of nitrogens with one attached hydrogen (secondary N) is 1. The van der Waals surface area contributed by atoms with E-state index in [0.717, 1.165) is 18.0 Å². The van der Waals surface area contributed by atoms with Crippen LogP contribution in [0.25, 0.3) is 5.69 Å². The number of hydrogen-bond acceptors (Lipinski definition) is 4. The Balaban J connectivity index is 2.11. The molecule has 0 bridgehead atoms. The molecule has 1 N–H and O–H groups in total. The average Bonchev–Trinajstić information content (AvgIpc) is 3.01. The number of nitrogens with zero attached hydrogens (tertiary/aromatic N) is 3. The summed E-state index contributed by atoms with van der Waals surface area (Å²) in [7, 11) is 5.25. The van der Waals surface area contributed by atoms with E-state index in [9.17, 15) is 4.79 Å². The summed E-state index contributed by atoms with van der Waals surface area (Å²) in [6.45, 7) is 1.39. The molecule has 0 aliphatic rings. The number of ether oxygens (including phenoxy) is 1. The minimum atomic E-state index is -0.0856. The minimum absolute atomic E-state index is 0.0856. The van der Waals surface area contributed by atoms with Crippen LogP contribution >= 0.6 is 0 Å². The summed E-state index contributed by atoms with van der Waals surface area (Å²) in [5.41, 5.74) is 1.32. The highest BCUT2D eigenvalue weighted by molar-refractivity contribution is 5.92. The lowest BCUT2D eigenvalue weighted by Gasteiger charge is -2.15. The Morgan fingerprint density at radius 2 is 2.05 bits per heavy atom. The largest absolute Gasteiger partial charge is 0.497 e.